The fourth-order valence-corrected chi connectivity index (χ4v) is 3.79. The lowest BCUT2D eigenvalue weighted by Gasteiger charge is -2.12. The second kappa shape index (κ2) is 11.2. The second-order valence-corrected chi connectivity index (χ2v) is 9.17. The van der Waals surface area contributed by atoms with Gasteiger partial charge in [-0.05, 0) is 64.3 Å². The molecule has 0 radical (unpaired) electrons. The molecule has 1 aliphatic carbocycles. The van der Waals surface area contributed by atoms with Crippen molar-refractivity contribution in [3.05, 3.63) is 59.2 Å². The predicted octanol–water partition coefficient (Wildman–Crippen LogP) is 6.20. The van der Waals surface area contributed by atoms with Gasteiger partial charge in [-0.25, -0.2) is 0 Å². The maximum absolute atomic E-state index is 12.7. The molecule has 29 heavy (non-hydrogen) atoms. The monoisotopic (exact) mass is 431 g/mol. The molecule has 0 aliphatic heterocycles. The molecule has 0 fully saturated rings. The molecule has 0 atom stereocenters. The van der Waals surface area contributed by atoms with Crippen LogP contribution in [0.5, 0.6) is 0 Å². The van der Waals surface area contributed by atoms with Gasteiger partial charge in [-0.15, -0.1) is 23.5 Å². The Bertz CT molecular complexity index is 875. The van der Waals surface area contributed by atoms with Gasteiger partial charge in [0.05, 0.1) is 5.41 Å². The van der Waals surface area contributed by atoms with Crippen LogP contribution in [0, 0.1) is 17.7 Å². The third-order valence-electron chi connectivity index (χ3n) is 4.11. The molecule has 0 amide bonds. The zero-order valence-corrected chi connectivity index (χ0v) is 19.5. The highest BCUT2D eigenvalue weighted by Crippen LogP contribution is 2.31. The van der Waals surface area contributed by atoms with Crippen LogP contribution in [-0.4, -0.2) is 35.1 Å². The molecular weight excluding hydrogens is 402 g/mol. The number of carbonyl (C=O) groups is 2. The van der Waals surface area contributed by atoms with E-state index < -0.39 is 11.4 Å². The largest absolute Gasteiger partial charge is 0.481 e. The minimum absolute atomic E-state index is 0.0508. The first-order valence-corrected chi connectivity index (χ1v) is 11.6. The molecule has 0 heterocycles. The van der Waals surface area contributed by atoms with E-state index in [1.54, 1.807) is 44.3 Å². The van der Waals surface area contributed by atoms with Crippen LogP contribution < -0.4 is 0 Å². The summed E-state index contributed by atoms with van der Waals surface area (Å²) >= 11 is 3.30. The number of benzene rings is 1. The molecule has 1 aromatic carbocycles. The number of carboxylic acids is 1. The van der Waals surface area contributed by atoms with E-state index in [4.69, 9.17) is 10.5 Å². The van der Waals surface area contributed by atoms with Crippen LogP contribution in [-0.2, 0) is 4.79 Å². The Morgan fingerprint density at radius 2 is 1.62 bits per heavy atom. The Balaban J connectivity index is 0.000000516. The first kappa shape index (κ1) is 25.0. The van der Waals surface area contributed by atoms with E-state index in [0.29, 0.717) is 11.1 Å². The van der Waals surface area contributed by atoms with Gasteiger partial charge in [0.1, 0.15) is 5.71 Å². The number of aliphatic carboxylic acids is 1. The summed E-state index contributed by atoms with van der Waals surface area (Å²) in [6, 6.07) is 3.95. The van der Waals surface area contributed by atoms with E-state index in [1.165, 1.54) is 4.90 Å². The summed E-state index contributed by atoms with van der Waals surface area (Å²) in [4.78, 5) is 25.0. The van der Waals surface area contributed by atoms with Gasteiger partial charge < -0.3 is 5.11 Å². The molecule has 0 saturated heterocycles. The van der Waals surface area contributed by atoms with Crippen LogP contribution in [0.1, 0.15) is 43.1 Å². The second-order valence-electron chi connectivity index (χ2n) is 7.47. The first-order valence-electron chi connectivity index (χ1n) is 9.16. The van der Waals surface area contributed by atoms with E-state index in [0.717, 1.165) is 16.9 Å². The number of nitrogens with one attached hydrogen (secondary N) is 1. The fourth-order valence-electron chi connectivity index (χ4n) is 2.24. The van der Waals surface area contributed by atoms with E-state index in [9.17, 15) is 9.59 Å². The highest BCUT2D eigenvalue weighted by atomic mass is 32.2. The van der Waals surface area contributed by atoms with Crippen molar-refractivity contribution in [1.29, 1.82) is 5.41 Å². The van der Waals surface area contributed by atoms with Gasteiger partial charge in [0.2, 0.25) is 5.78 Å². The molecule has 2 rings (SSSR count). The van der Waals surface area contributed by atoms with Gasteiger partial charge >= 0.3 is 5.97 Å². The molecular formula is C23H29NO3S2. The summed E-state index contributed by atoms with van der Waals surface area (Å²) in [5.41, 5.74) is 1.67. The number of hydrogen-bond acceptors (Lipinski definition) is 5. The average Bonchev–Trinajstić information content (AvgIpc) is 2.95. The number of aryl methyl sites for hydroxylation is 1. The normalized spacial score (nSPS) is 13.1. The van der Waals surface area contributed by atoms with Crippen molar-refractivity contribution < 1.29 is 14.7 Å². The Morgan fingerprint density at radius 1 is 1.07 bits per heavy atom. The molecule has 1 aliphatic rings. The summed E-state index contributed by atoms with van der Waals surface area (Å²) in [5.74, 6) is -0.973. The molecule has 4 nitrogen and oxygen atoms in total. The predicted molar refractivity (Wildman–Crippen MR) is 125 cm³/mol. The van der Waals surface area contributed by atoms with E-state index >= 15 is 0 Å². The minimum Gasteiger partial charge on any atom is -0.481 e. The average molecular weight is 432 g/mol. The number of rotatable bonds is 5. The van der Waals surface area contributed by atoms with E-state index in [2.05, 4.69) is 0 Å². The standard InChI is InChI=1S/C18H19NOS2.C5H10O2/c1-12-10-15(21-2)16(22-3)11-14(12)18(20)17(19)13-8-6-4-5-7-9-13;1-5(2,3)4(6)7/h4,6-11,19H,5H2,1-3H3;1-3H3,(H,6,7). The van der Waals surface area contributed by atoms with Crippen LogP contribution >= 0.6 is 23.5 Å². The number of carboxylic acid groups (broad SMARTS) is 1. The summed E-state index contributed by atoms with van der Waals surface area (Å²) in [6.07, 6.45) is 14.4. The van der Waals surface area contributed by atoms with Crippen molar-refractivity contribution in [3.8, 4) is 0 Å². The smallest absolute Gasteiger partial charge is 0.308 e. The number of carbonyl (C=O) groups excluding carboxylic acids is 1. The summed E-state index contributed by atoms with van der Waals surface area (Å²) in [5, 5.41) is 16.5. The lowest BCUT2D eigenvalue weighted by atomic mass is 9.97. The molecule has 0 saturated carbocycles. The topological polar surface area (TPSA) is 78.2 Å². The van der Waals surface area contributed by atoms with Gasteiger partial charge in [0.25, 0.3) is 0 Å². The quantitative estimate of drug-likeness (QED) is 0.330. The molecule has 6 heteroatoms. The van der Waals surface area contributed by atoms with Gasteiger partial charge in [-0.2, -0.15) is 0 Å². The summed E-state index contributed by atoms with van der Waals surface area (Å²) in [6.45, 7) is 6.92. The lowest BCUT2D eigenvalue weighted by Crippen LogP contribution is -2.18. The van der Waals surface area contributed by atoms with Crippen LogP contribution in [0.25, 0.3) is 0 Å². The zero-order chi connectivity index (χ0) is 22.2. The van der Waals surface area contributed by atoms with Crippen molar-refractivity contribution in [2.24, 2.45) is 5.41 Å². The Kier molecular flexibility index (Phi) is 9.66. The summed E-state index contributed by atoms with van der Waals surface area (Å²) < 4.78 is 0. The van der Waals surface area contributed by atoms with Crippen LogP contribution in [0.15, 0.2) is 57.9 Å². The molecule has 0 aromatic heterocycles. The highest BCUT2D eigenvalue weighted by molar-refractivity contribution is 8.01. The van der Waals surface area contributed by atoms with E-state index in [1.807, 2.05) is 61.9 Å². The third kappa shape index (κ3) is 7.37. The minimum atomic E-state index is -0.757. The first-order chi connectivity index (χ1) is 13.5. The van der Waals surface area contributed by atoms with Crippen molar-refractivity contribution >= 4 is 41.0 Å². The van der Waals surface area contributed by atoms with Crippen molar-refractivity contribution in [2.45, 2.75) is 43.9 Å². The molecule has 0 spiro atoms. The van der Waals surface area contributed by atoms with Gasteiger partial charge in [-0.3, -0.25) is 15.0 Å². The number of ketones is 1. The maximum Gasteiger partial charge on any atom is 0.308 e. The lowest BCUT2D eigenvalue weighted by molar-refractivity contribution is -0.145. The van der Waals surface area contributed by atoms with Crippen LogP contribution in [0.3, 0.4) is 0 Å². The molecule has 156 valence electrons. The number of hydrogen-bond donors (Lipinski definition) is 2. The van der Waals surface area contributed by atoms with Crippen molar-refractivity contribution in [3.63, 3.8) is 0 Å². The van der Waals surface area contributed by atoms with Crippen molar-refractivity contribution in [2.75, 3.05) is 12.5 Å². The highest BCUT2D eigenvalue weighted by Gasteiger charge is 2.19. The van der Waals surface area contributed by atoms with Crippen LogP contribution in [0.4, 0.5) is 0 Å². The van der Waals surface area contributed by atoms with Gasteiger partial charge in [0.15, 0.2) is 0 Å². The number of allylic oxidation sites excluding steroid dienone is 6. The number of Topliss-reactive ketones (excluding diaryl/α,β-unsaturated/α-hetero) is 1. The van der Waals surface area contributed by atoms with Gasteiger partial charge in [0, 0.05) is 20.9 Å². The molecule has 1 aromatic rings. The van der Waals surface area contributed by atoms with Crippen LogP contribution in [0.2, 0.25) is 0 Å². The molecule has 2 N–H and O–H groups in total. The zero-order valence-electron chi connectivity index (χ0n) is 17.8. The Hall–Kier alpha value is -2.05. The summed E-state index contributed by atoms with van der Waals surface area (Å²) in [7, 11) is 0. The Labute approximate surface area is 182 Å². The molecule has 0 bridgehead atoms. The number of thioether (sulfide) groups is 2. The van der Waals surface area contributed by atoms with Gasteiger partial charge in [-0.1, -0.05) is 30.4 Å². The fraction of sp³-hybridized carbons (Fsp3) is 0.348. The SMILES string of the molecule is CC(C)(C)C(=O)O.CSc1cc(C)c(C(=O)C(=N)C2=CC=CCC=C2)cc1SC. The Morgan fingerprint density at radius 3 is 2.14 bits per heavy atom. The third-order valence-corrected chi connectivity index (χ3v) is 5.80. The van der Waals surface area contributed by atoms with Crippen molar-refractivity contribution in [1.82, 2.24) is 0 Å². The maximum atomic E-state index is 12.7. The molecule has 0 unspecified atom stereocenters. The van der Waals surface area contributed by atoms with E-state index in [-0.39, 0.29) is 11.5 Å².